The van der Waals surface area contributed by atoms with E-state index in [1.807, 2.05) is 18.0 Å². The fourth-order valence-corrected chi connectivity index (χ4v) is 1.61. The zero-order valence-electron chi connectivity index (χ0n) is 8.08. The van der Waals surface area contributed by atoms with E-state index in [0.29, 0.717) is 17.8 Å². The van der Waals surface area contributed by atoms with E-state index in [9.17, 15) is 4.79 Å². The molecule has 1 aliphatic heterocycles. The molecule has 0 unspecified atom stereocenters. The first-order chi connectivity index (χ1) is 6.68. The predicted molar refractivity (Wildman–Crippen MR) is 56.5 cm³/mol. The third kappa shape index (κ3) is 1.39. The van der Waals surface area contributed by atoms with E-state index in [-0.39, 0.29) is 5.91 Å². The number of fused-ring (bicyclic) bond motifs is 1. The summed E-state index contributed by atoms with van der Waals surface area (Å²) in [4.78, 5) is 13.6. The van der Waals surface area contributed by atoms with Gasteiger partial charge in [0.15, 0.2) is 0 Å². The summed E-state index contributed by atoms with van der Waals surface area (Å²) >= 11 is 0. The van der Waals surface area contributed by atoms with Gasteiger partial charge >= 0.3 is 0 Å². The van der Waals surface area contributed by atoms with Crippen LogP contribution in [-0.4, -0.2) is 26.0 Å². The van der Waals surface area contributed by atoms with Gasteiger partial charge in [0.2, 0.25) is 0 Å². The second kappa shape index (κ2) is 3.21. The predicted octanol–water partition coefficient (Wildman–Crippen LogP) is 0.448. The Morgan fingerprint density at radius 1 is 1.50 bits per heavy atom. The summed E-state index contributed by atoms with van der Waals surface area (Å²) in [5.41, 5.74) is 7.96. The number of carbonyl (C=O) groups excluding carboxylic acids is 1. The summed E-state index contributed by atoms with van der Waals surface area (Å²) in [5, 5.41) is 2.83. The molecule has 4 nitrogen and oxygen atoms in total. The molecule has 0 spiro atoms. The Morgan fingerprint density at radius 2 is 2.29 bits per heavy atom. The molecule has 0 aromatic heterocycles. The first-order valence-electron chi connectivity index (χ1n) is 4.57. The molecule has 0 radical (unpaired) electrons. The maximum Gasteiger partial charge on any atom is 0.253 e. The van der Waals surface area contributed by atoms with Gasteiger partial charge in [0.1, 0.15) is 0 Å². The molecule has 0 aliphatic carbocycles. The monoisotopic (exact) mass is 191 g/mol. The second-order valence-corrected chi connectivity index (χ2v) is 3.45. The maximum atomic E-state index is 11.6. The third-order valence-corrected chi connectivity index (χ3v) is 2.41. The highest BCUT2D eigenvalue weighted by Crippen LogP contribution is 2.23. The molecule has 3 N–H and O–H groups in total. The van der Waals surface area contributed by atoms with Gasteiger partial charge in [0, 0.05) is 25.8 Å². The number of nitrogens with one attached hydrogen (secondary N) is 1. The average molecular weight is 191 g/mol. The molecule has 0 atom stereocenters. The quantitative estimate of drug-likeness (QED) is 0.585. The van der Waals surface area contributed by atoms with Gasteiger partial charge in [-0.25, -0.2) is 0 Å². The molecule has 1 amide bonds. The van der Waals surface area contributed by atoms with Crippen LogP contribution >= 0.6 is 0 Å². The lowest BCUT2D eigenvalue weighted by molar-refractivity contribution is 0.0958. The van der Waals surface area contributed by atoms with Gasteiger partial charge in [-0.2, -0.15) is 0 Å². The van der Waals surface area contributed by atoms with Crippen molar-refractivity contribution in [1.82, 2.24) is 5.32 Å². The van der Waals surface area contributed by atoms with E-state index in [1.165, 1.54) is 0 Å². The van der Waals surface area contributed by atoms with Crippen LogP contribution in [0.5, 0.6) is 0 Å². The largest absolute Gasteiger partial charge is 0.399 e. The van der Waals surface area contributed by atoms with Crippen LogP contribution in [0, 0.1) is 0 Å². The number of benzene rings is 1. The SMILES string of the molecule is CN1CCNC(=O)c2ccc(N)cc21. The number of likely N-dealkylation sites (N-methyl/N-ethyl adjacent to an activating group) is 1. The lowest BCUT2D eigenvalue weighted by Crippen LogP contribution is -2.27. The molecule has 0 bridgehead atoms. The number of nitrogens with two attached hydrogens (primary N) is 1. The number of hydrogen-bond donors (Lipinski definition) is 2. The number of hydrogen-bond acceptors (Lipinski definition) is 3. The summed E-state index contributed by atoms with van der Waals surface area (Å²) in [7, 11) is 1.96. The third-order valence-electron chi connectivity index (χ3n) is 2.41. The van der Waals surface area contributed by atoms with Gasteiger partial charge in [-0.15, -0.1) is 0 Å². The highest BCUT2D eigenvalue weighted by molar-refractivity contribution is 6.01. The molecule has 0 saturated carbocycles. The van der Waals surface area contributed by atoms with Crippen molar-refractivity contribution in [3.05, 3.63) is 23.8 Å². The van der Waals surface area contributed by atoms with Gasteiger partial charge in [0.25, 0.3) is 5.91 Å². The molecular formula is C10H13N3O. The fraction of sp³-hybridized carbons (Fsp3) is 0.300. The lowest BCUT2D eigenvalue weighted by Gasteiger charge is -2.18. The number of amides is 1. The van der Waals surface area contributed by atoms with Crippen molar-refractivity contribution >= 4 is 17.3 Å². The van der Waals surface area contributed by atoms with Crippen LogP contribution in [0.25, 0.3) is 0 Å². The molecule has 1 aromatic carbocycles. The van der Waals surface area contributed by atoms with Crippen molar-refractivity contribution in [2.75, 3.05) is 30.8 Å². The van der Waals surface area contributed by atoms with Crippen LogP contribution < -0.4 is 16.0 Å². The first kappa shape index (κ1) is 8.87. The van der Waals surface area contributed by atoms with E-state index < -0.39 is 0 Å². The van der Waals surface area contributed by atoms with Gasteiger partial charge in [-0.05, 0) is 18.2 Å². The van der Waals surface area contributed by atoms with Gasteiger partial charge in [-0.1, -0.05) is 0 Å². The van der Waals surface area contributed by atoms with Crippen LogP contribution in [-0.2, 0) is 0 Å². The van der Waals surface area contributed by atoms with Gasteiger partial charge in [-0.3, -0.25) is 4.79 Å². The number of rotatable bonds is 0. The molecular weight excluding hydrogens is 178 g/mol. The highest BCUT2D eigenvalue weighted by Gasteiger charge is 2.17. The van der Waals surface area contributed by atoms with Crippen LogP contribution in [0.2, 0.25) is 0 Å². The number of anilines is 2. The molecule has 1 aliphatic rings. The first-order valence-corrected chi connectivity index (χ1v) is 4.57. The average Bonchev–Trinajstić information content (AvgIpc) is 2.28. The Balaban J connectivity index is 2.54. The second-order valence-electron chi connectivity index (χ2n) is 3.45. The topological polar surface area (TPSA) is 58.4 Å². The normalized spacial score (nSPS) is 15.8. The molecule has 2 rings (SSSR count). The van der Waals surface area contributed by atoms with E-state index in [1.54, 1.807) is 12.1 Å². The van der Waals surface area contributed by atoms with E-state index in [4.69, 9.17) is 5.73 Å². The summed E-state index contributed by atoms with van der Waals surface area (Å²) in [5.74, 6) is -0.0237. The number of nitrogens with zero attached hydrogens (tertiary/aromatic N) is 1. The number of carbonyl (C=O) groups is 1. The van der Waals surface area contributed by atoms with E-state index in [2.05, 4.69) is 5.32 Å². The Labute approximate surface area is 82.7 Å². The molecule has 74 valence electrons. The van der Waals surface area contributed by atoms with Crippen molar-refractivity contribution in [2.45, 2.75) is 0 Å². The minimum absolute atomic E-state index is 0.0237. The van der Waals surface area contributed by atoms with Crippen molar-refractivity contribution < 1.29 is 4.79 Å². The van der Waals surface area contributed by atoms with Crippen LogP contribution in [0.1, 0.15) is 10.4 Å². The molecule has 4 heteroatoms. The van der Waals surface area contributed by atoms with Crippen molar-refractivity contribution in [3.8, 4) is 0 Å². The maximum absolute atomic E-state index is 11.6. The molecule has 1 heterocycles. The Morgan fingerprint density at radius 3 is 3.07 bits per heavy atom. The molecule has 0 fully saturated rings. The van der Waals surface area contributed by atoms with Crippen LogP contribution in [0.3, 0.4) is 0 Å². The zero-order chi connectivity index (χ0) is 10.1. The van der Waals surface area contributed by atoms with Crippen molar-refractivity contribution in [1.29, 1.82) is 0 Å². The smallest absolute Gasteiger partial charge is 0.253 e. The minimum Gasteiger partial charge on any atom is -0.399 e. The fourth-order valence-electron chi connectivity index (χ4n) is 1.61. The van der Waals surface area contributed by atoms with E-state index >= 15 is 0 Å². The number of nitrogen functional groups attached to an aromatic ring is 1. The Hall–Kier alpha value is -1.71. The van der Waals surface area contributed by atoms with Crippen molar-refractivity contribution in [3.63, 3.8) is 0 Å². The Kier molecular flexibility index (Phi) is 2.04. The molecule has 0 saturated heterocycles. The molecule has 1 aromatic rings. The van der Waals surface area contributed by atoms with E-state index in [0.717, 1.165) is 12.2 Å². The lowest BCUT2D eigenvalue weighted by atomic mass is 10.1. The van der Waals surface area contributed by atoms with Crippen LogP contribution in [0.15, 0.2) is 18.2 Å². The molecule has 14 heavy (non-hydrogen) atoms. The minimum atomic E-state index is -0.0237. The summed E-state index contributed by atoms with van der Waals surface area (Å²) in [6.45, 7) is 1.48. The standard InChI is InChI=1S/C10H13N3O/c1-13-5-4-12-10(14)8-3-2-7(11)6-9(8)13/h2-3,6H,4-5,11H2,1H3,(H,12,14). The highest BCUT2D eigenvalue weighted by atomic mass is 16.1. The summed E-state index contributed by atoms with van der Waals surface area (Å²) in [6.07, 6.45) is 0. The zero-order valence-corrected chi connectivity index (χ0v) is 8.08. The van der Waals surface area contributed by atoms with Gasteiger partial charge < -0.3 is 16.0 Å². The van der Waals surface area contributed by atoms with Gasteiger partial charge in [0.05, 0.1) is 11.3 Å². The van der Waals surface area contributed by atoms with Crippen LogP contribution in [0.4, 0.5) is 11.4 Å². The summed E-state index contributed by atoms with van der Waals surface area (Å²) in [6, 6.07) is 5.35. The van der Waals surface area contributed by atoms with Crippen molar-refractivity contribution in [2.24, 2.45) is 0 Å². The summed E-state index contributed by atoms with van der Waals surface area (Å²) < 4.78 is 0. The Bertz CT molecular complexity index is 376.